The molecule has 1 heterocycles. The van der Waals surface area contributed by atoms with E-state index in [1.54, 1.807) is 41.9 Å². The number of aromatic nitrogens is 1. The number of rotatable bonds is 7. The van der Waals surface area contributed by atoms with Gasteiger partial charge in [-0.3, -0.25) is 0 Å². The van der Waals surface area contributed by atoms with Gasteiger partial charge in [-0.15, -0.1) is 11.3 Å². The second kappa shape index (κ2) is 7.67. The third kappa shape index (κ3) is 4.00. The Hall–Kier alpha value is -2.38. The van der Waals surface area contributed by atoms with Crippen LogP contribution in [0.1, 0.15) is 5.56 Å². The van der Waals surface area contributed by atoms with Gasteiger partial charge in [0.25, 0.3) is 10.0 Å². The first-order chi connectivity index (χ1) is 12.1. The minimum Gasteiger partial charge on any atom is -0.491 e. The molecule has 0 saturated carbocycles. The standard InChI is InChI=1S/C18H18N2O3S2/c1-15-7-5-6-10-17(15)23-13-12-20(18-19-11-14-24-18)25(21,22)16-8-3-2-4-9-16/h2-11,14H,12-13H2,1H3. The summed E-state index contributed by atoms with van der Waals surface area (Å²) in [5.74, 6) is 0.749. The summed E-state index contributed by atoms with van der Waals surface area (Å²) < 4.78 is 33.0. The first-order valence-corrected chi connectivity index (χ1v) is 10.1. The van der Waals surface area contributed by atoms with Crippen LogP contribution in [0.15, 0.2) is 71.1 Å². The molecule has 7 heteroatoms. The van der Waals surface area contributed by atoms with E-state index in [9.17, 15) is 8.42 Å². The molecular weight excluding hydrogens is 356 g/mol. The monoisotopic (exact) mass is 374 g/mol. The normalized spacial score (nSPS) is 11.2. The summed E-state index contributed by atoms with van der Waals surface area (Å²) in [6, 6.07) is 16.0. The lowest BCUT2D eigenvalue weighted by atomic mass is 10.2. The number of hydrogen-bond donors (Lipinski definition) is 0. The average Bonchev–Trinajstić information content (AvgIpc) is 3.15. The second-order valence-corrected chi connectivity index (χ2v) is 8.05. The van der Waals surface area contributed by atoms with E-state index in [-0.39, 0.29) is 18.0 Å². The molecule has 0 unspecified atom stereocenters. The molecule has 0 aliphatic rings. The summed E-state index contributed by atoms with van der Waals surface area (Å²) in [5, 5.41) is 2.18. The number of hydrogen-bond acceptors (Lipinski definition) is 5. The highest BCUT2D eigenvalue weighted by Gasteiger charge is 2.26. The lowest BCUT2D eigenvalue weighted by molar-refractivity contribution is 0.326. The van der Waals surface area contributed by atoms with Crippen molar-refractivity contribution in [1.29, 1.82) is 0 Å². The Morgan fingerprint density at radius 2 is 1.80 bits per heavy atom. The number of ether oxygens (including phenoxy) is 1. The zero-order chi connectivity index (χ0) is 17.7. The predicted octanol–water partition coefficient (Wildman–Crippen LogP) is 3.73. The highest BCUT2D eigenvalue weighted by atomic mass is 32.2. The summed E-state index contributed by atoms with van der Waals surface area (Å²) in [6.07, 6.45) is 1.59. The molecule has 2 aromatic carbocycles. The average molecular weight is 374 g/mol. The first kappa shape index (κ1) is 17.4. The number of para-hydroxylation sites is 1. The zero-order valence-corrected chi connectivity index (χ0v) is 15.3. The van der Waals surface area contributed by atoms with Crippen LogP contribution in [0.2, 0.25) is 0 Å². The zero-order valence-electron chi connectivity index (χ0n) is 13.7. The van der Waals surface area contributed by atoms with Gasteiger partial charge in [0.1, 0.15) is 12.4 Å². The predicted molar refractivity (Wildman–Crippen MR) is 99.8 cm³/mol. The molecule has 130 valence electrons. The van der Waals surface area contributed by atoms with Gasteiger partial charge in [0.15, 0.2) is 5.13 Å². The van der Waals surface area contributed by atoms with Crippen LogP contribution in [0, 0.1) is 6.92 Å². The minimum atomic E-state index is -3.69. The summed E-state index contributed by atoms with van der Waals surface area (Å²) >= 11 is 1.28. The number of thiazole rings is 1. The van der Waals surface area contributed by atoms with E-state index < -0.39 is 10.0 Å². The Morgan fingerprint density at radius 3 is 2.48 bits per heavy atom. The molecule has 0 amide bonds. The van der Waals surface area contributed by atoms with Crippen LogP contribution in [-0.4, -0.2) is 26.6 Å². The van der Waals surface area contributed by atoms with E-state index in [0.717, 1.165) is 11.3 Å². The summed E-state index contributed by atoms with van der Waals surface area (Å²) in [4.78, 5) is 4.40. The van der Waals surface area contributed by atoms with Gasteiger partial charge in [0.05, 0.1) is 11.4 Å². The van der Waals surface area contributed by atoms with Crippen LogP contribution >= 0.6 is 11.3 Å². The molecule has 0 radical (unpaired) electrons. The van der Waals surface area contributed by atoms with E-state index in [1.807, 2.05) is 31.2 Å². The van der Waals surface area contributed by atoms with Crippen LogP contribution in [-0.2, 0) is 10.0 Å². The lowest BCUT2D eigenvalue weighted by Crippen LogP contribution is -2.34. The number of nitrogens with zero attached hydrogens (tertiary/aromatic N) is 2. The van der Waals surface area contributed by atoms with Gasteiger partial charge in [-0.2, -0.15) is 0 Å². The summed E-state index contributed by atoms with van der Waals surface area (Å²) in [5.41, 5.74) is 1.01. The van der Waals surface area contributed by atoms with Gasteiger partial charge >= 0.3 is 0 Å². The third-order valence-electron chi connectivity index (χ3n) is 3.61. The highest BCUT2D eigenvalue weighted by molar-refractivity contribution is 7.93. The maximum Gasteiger partial charge on any atom is 0.266 e. The number of anilines is 1. The van der Waals surface area contributed by atoms with E-state index >= 15 is 0 Å². The molecule has 0 saturated heterocycles. The number of sulfonamides is 1. The number of aryl methyl sites for hydroxylation is 1. The fourth-order valence-corrected chi connectivity index (χ4v) is 4.65. The van der Waals surface area contributed by atoms with Crippen LogP contribution in [0.5, 0.6) is 5.75 Å². The SMILES string of the molecule is Cc1ccccc1OCCN(c1nccs1)S(=O)(=O)c1ccccc1. The maximum atomic E-state index is 13.0. The molecule has 0 aliphatic carbocycles. The molecule has 0 N–H and O–H groups in total. The van der Waals surface area contributed by atoms with Crippen molar-refractivity contribution in [3.63, 3.8) is 0 Å². The van der Waals surface area contributed by atoms with Crippen molar-refractivity contribution in [2.75, 3.05) is 17.5 Å². The molecule has 3 rings (SSSR count). The molecule has 0 spiro atoms. The minimum absolute atomic E-state index is 0.180. The molecule has 25 heavy (non-hydrogen) atoms. The quantitative estimate of drug-likeness (QED) is 0.632. The highest BCUT2D eigenvalue weighted by Crippen LogP contribution is 2.25. The molecular formula is C18H18N2O3S2. The van der Waals surface area contributed by atoms with Gasteiger partial charge in [-0.1, -0.05) is 36.4 Å². The summed E-state index contributed by atoms with van der Waals surface area (Å²) in [7, 11) is -3.69. The molecule has 1 aromatic heterocycles. The third-order valence-corrected chi connectivity index (χ3v) is 6.32. The number of benzene rings is 2. The van der Waals surface area contributed by atoms with Crippen molar-refractivity contribution < 1.29 is 13.2 Å². The topological polar surface area (TPSA) is 59.5 Å². The van der Waals surface area contributed by atoms with Crippen LogP contribution in [0.3, 0.4) is 0 Å². The van der Waals surface area contributed by atoms with Gasteiger partial charge < -0.3 is 4.74 Å². The fourth-order valence-electron chi connectivity index (χ4n) is 2.33. The van der Waals surface area contributed by atoms with Crippen molar-refractivity contribution in [3.8, 4) is 5.75 Å². The van der Waals surface area contributed by atoms with E-state index in [1.165, 1.54) is 15.6 Å². The van der Waals surface area contributed by atoms with Gasteiger partial charge in [-0.25, -0.2) is 17.7 Å². The van der Waals surface area contributed by atoms with Crippen molar-refractivity contribution in [1.82, 2.24) is 4.98 Å². The largest absolute Gasteiger partial charge is 0.491 e. The fraction of sp³-hybridized carbons (Fsp3) is 0.167. The summed E-state index contributed by atoms with van der Waals surface area (Å²) in [6.45, 7) is 2.37. The van der Waals surface area contributed by atoms with Crippen molar-refractivity contribution in [3.05, 3.63) is 71.7 Å². The Kier molecular flexibility index (Phi) is 5.35. The molecule has 3 aromatic rings. The van der Waals surface area contributed by atoms with Crippen LogP contribution < -0.4 is 9.04 Å². The maximum absolute atomic E-state index is 13.0. The Labute approximate surface area is 151 Å². The van der Waals surface area contributed by atoms with Gasteiger partial charge in [-0.05, 0) is 30.7 Å². The Morgan fingerprint density at radius 1 is 1.08 bits per heavy atom. The lowest BCUT2D eigenvalue weighted by Gasteiger charge is -2.22. The molecule has 0 aliphatic heterocycles. The van der Waals surface area contributed by atoms with E-state index in [4.69, 9.17) is 4.74 Å². The molecule has 0 atom stereocenters. The molecule has 0 bridgehead atoms. The smallest absolute Gasteiger partial charge is 0.266 e. The van der Waals surface area contributed by atoms with Gasteiger partial charge in [0.2, 0.25) is 0 Å². The van der Waals surface area contributed by atoms with Crippen molar-refractivity contribution >= 4 is 26.5 Å². The van der Waals surface area contributed by atoms with E-state index in [2.05, 4.69) is 4.98 Å². The Bertz CT molecular complexity index is 911. The van der Waals surface area contributed by atoms with Crippen LogP contribution in [0.4, 0.5) is 5.13 Å². The van der Waals surface area contributed by atoms with Crippen molar-refractivity contribution in [2.24, 2.45) is 0 Å². The van der Waals surface area contributed by atoms with E-state index in [0.29, 0.717) is 5.13 Å². The first-order valence-electron chi connectivity index (χ1n) is 7.75. The van der Waals surface area contributed by atoms with Gasteiger partial charge in [0, 0.05) is 11.6 Å². The Balaban J connectivity index is 1.81. The van der Waals surface area contributed by atoms with Crippen LogP contribution in [0.25, 0.3) is 0 Å². The molecule has 0 fully saturated rings. The van der Waals surface area contributed by atoms with Crippen molar-refractivity contribution in [2.45, 2.75) is 11.8 Å². The molecule has 5 nitrogen and oxygen atoms in total. The second-order valence-electron chi connectivity index (χ2n) is 5.32.